The first-order valence-corrected chi connectivity index (χ1v) is 9.19. The molecule has 0 radical (unpaired) electrons. The molecule has 0 amide bonds. The molecule has 9 heteroatoms. The van der Waals surface area contributed by atoms with Gasteiger partial charge in [0.1, 0.15) is 11.5 Å². The maximum Gasteiger partial charge on any atom is 0.469 e. The average molecular weight is 374 g/mol. The summed E-state index contributed by atoms with van der Waals surface area (Å²) in [7, 11) is -4.43. The van der Waals surface area contributed by atoms with E-state index >= 15 is 0 Å². The number of phosphoric ester groups is 1. The van der Waals surface area contributed by atoms with Crippen LogP contribution in [0.1, 0.15) is 19.8 Å². The van der Waals surface area contributed by atoms with Crippen molar-refractivity contribution in [3.05, 3.63) is 36.4 Å². The molecule has 25 heavy (non-hydrogen) atoms. The third kappa shape index (κ3) is 10.6. The van der Waals surface area contributed by atoms with E-state index in [1.165, 1.54) is 0 Å². The fourth-order valence-corrected chi connectivity index (χ4v) is 1.99. The predicted molar refractivity (Wildman–Crippen MR) is 90.4 cm³/mol. The van der Waals surface area contributed by atoms with E-state index in [9.17, 15) is 9.36 Å². The van der Waals surface area contributed by atoms with Crippen molar-refractivity contribution in [2.75, 3.05) is 26.4 Å². The molecule has 1 aromatic carbocycles. The maximum absolute atomic E-state index is 11.2. The Bertz CT molecular complexity index is 610. The summed E-state index contributed by atoms with van der Waals surface area (Å²) < 4.78 is 30.8. The zero-order chi connectivity index (χ0) is 18.7. The number of esters is 1. The third-order valence-electron chi connectivity index (χ3n) is 2.76. The summed E-state index contributed by atoms with van der Waals surface area (Å²) in [6, 6.07) is 6.97. The minimum Gasteiger partial charge on any atom is -0.493 e. The topological polar surface area (TPSA) is 112 Å². The van der Waals surface area contributed by atoms with Crippen LogP contribution in [0, 0.1) is 0 Å². The Kier molecular flexibility index (Phi) is 9.23. The Labute approximate surface area is 146 Å². The van der Waals surface area contributed by atoms with Crippen molar-refractivity contribution < 1.29 is 37.9 Å². The zero-order valence-electron chi connectivity index (χ0n) is 14.1. The molecule has 0 aliphatic heterocycles. The van der Waals surface area contributed by atoms with E-state index in [4.69, 9.17) is 24.0 Å². The second-order valence-corrected chi connectivity index (χ2v) is 6.36. The van der Waals surface area contributed by atoms with Gasteiger partial charge in [0.05, 0.1) is 26.4 Å². The van der Waals surface area contributed by atoms with Gasteiger partial charge in [-0.15, -0.1) is 0 Å². The molecule has 140 valence electrons. The van der Waals surface area contributed by atoms with Gasteiger partial charge in [0, 0.05) is 24.5 Å². The maximum atomic E-state index is 11.2. The number of carbonyl (C=O) groups excluding carboxylic acids is 1. The van der Waals surface area contributed by atoms with Crippen LogP contribution in [0.4, 0.5) is 0 Å². The molecule has 0 bridgehead atoms. The quantitative estimate of drug-likeness (QED) is 0.248. The Morgan fingerprint density at radius 3 is 2.16 bits per heavy atom. The number of ether oxygens (including phenoxy) is 3. The Hall–Kier alpha value is -1.86. The molecular weight excluding hydrogens is 351 g/mol. The molecule has 0 heterocycles. The average Bonchev–Trinajstić information content (AvgIpc) is 2.53. The van der Waals surface area contributed by atoms with Crippen molar-refractivity contribution in [2.45, 2.75) is 19.8 Å². The van der Waals surface area contributed by atoms with Crippen molar-refractivity contribution in [3.63, 3.8) is 0 Å². The van der Waals surface area contributed by atoms with Crippen molar-refractivity contribution in [3.8, 4) is 11.5 Å². The summed E-state index contributed by atoms with van der Waals surface area (Å²) in [6.45, 7) is 5.86. The molecule has 0 saturated heterocycles. The number of carbonyl (C=O) groups is 1. The Balaban J connectivity index is 2.22. The van der Waals surface area contributed by atoms with Crippen LogP contribution in [-0.4, -0.2) is 42.2 Å². The molecule has 0 aromatic heterocycles. The largest absolute Gasteiger partial charge is 0.493 e. The van der Waals surface area contributed by atoms with E-state index in [1.54, 1.807) is 31.2 Å². The lowest BCUT2D eigenvalue weighted by molar-refractivity contribution is -0.139. The summed E-state index contributed by atoms with van der Waals surface area (Å²) in [5.41, 5.74) is 0.358. The third-order valence-corrected chi connectivity index (χ3v) is 3.28. The minimum atomic E-state index is -4.43. The summed E-state index contributed by atoms with van der Waals surface area (Å²) in [6.07, 6.45) is 0.883. The van der Waals surface area contributed by atoms with Gasteiger partial charge >= 0.3 is 13.8 Å². The van der Waals surface area contributed by atoms with Gasteiger partial charge in [-0.25, -0.2) is 9.36 Å². The van der Waals surface area contributed by atoms with Crippen molar-refractivity contribution >= 4 is 13.8 Å². The molecule has 0 fully saturated rings. The van der Waals surface area contributed by atoms with E-state index in [0.717, 1.165) is 0 Å². The van der Waals surface area contributed by atoms with Crippen molar-refractivity contribution in [2.24, 2.45) is 0 Å². The lowest BCUT2D eigenvalue weighted by Crippen LogP contribution is -2.09. The molecule has 0 unspecified atom stereocenters. The van der Waals surface area contributed by atoms with Crippen LogP contribution in [0.5, 0.6) is 11.5 Å². The number of rotatable bonds is 12. The van der Waals surface area contributed by atoms with Gasteiger partial charge in [-0.2, -0.15) is 0 Å². The van der Waals surface area contributed by atoms with E-state index in [1.807, 2.05) is 0 Å². The van der Waals surface area contributed by atoms with Crippen molar-refractivity contribution in [1.29, 1.82) is 0 Å². The van der Waals surface area contributed by atoms with Crippen LogP contribution < -0.4 is 9.47 Å². The second kappa shape index (κ2) is 10.9. The highest BCUT2D eigenvalue weighted by Crippen LogP contribution is 2.35. The molecular formula is C16H23O8P. The molecule has 0 saturated carbocycles. The number of hydrogen-bond acceptors (Lipinski definition) is 6. The lowest BCUT2D eigenvalue weighted by atomic mass is 10.3. The first-order valence-electron chi connectivity index (χ1n) is 7.66. The minimum absolute atomic E-state index is 0.0939. The van der Waals surface area contributed by atoms with Gasteiger partial charge < -0.3 is 24.0 Å². The normalized spacial score (nSPS) is 11.0. The first kappa shape index (κ1) is 21.2. The van der Waals surface area contributed by atoms with Crippen LogP contribution in [0.2, 0.25) is 0 Å². The summed E-state index contributed by atoms with van der Waals surface area (Å²) >= 11 is 0. The highest BCUT2D eigenvalue weighted by molar-refractivity contribution is 7.46. The highest BCUT2D eigenvalue weighted by Gasteiger charge is 2.12. The molecule has 0 aliphatic carbocycles. The molecule has 2 N–H and O–H groups in total. The van der Waals surface area contributed by atoms with Gasteiger partial charge in [-0.1, -0.05) is 12.6 Å². The number of benzene rings is 1. The van der Waals surface area contributed by atoms with Gasteiger partial charge in [-0.05, 0) is 19.1 Å². The van der Waals surface area contributed by atoms with Gasteiger partial charge in [-0.3, -0.25) is 4.52 Å². The van der Waals surface area contributed by atoms with E-state index < -0.39 is 13.8 Å². The van der Waals surface area contributed by atoms with Gasteiger partial charge in [0.2, 0.25) is 0 Å². The fraction of sp³-hybridized carbons (Fsp3) is 0.438. The Morgan fingerprint density at radius 1 is 1.08 bits per heavy atom. The second-order valence-electron chi connectivity index (χ2n) is 5.12. The number of hydrogen-bond donors (Lipinski definition) is 2. The molecule has 1 rings (SSSR count). The molecule has 8 nitrogen and oxygen atoms in total. The fourth-order valence-electron chi connectivity index (χ4n) is 1.62. The van der Waals surface area contributed by atoms with Gasteiger partial charge in [0.15, 0.2) is 0 Å². The standard InChI is InChI=1S/C16H23O8P/c1-13(2)16(17)23-10-4-8-21-14-6-3-7-15(12-14)22-9-5-11-24-25(18,19)20/h3,6-7,12H,1,4-5,8-11H2,2H3,(H2,18,19,20). The molecule has 0 atom stereocenters. The smallest absolute Gasteiger partial charge is 0.469 e. The molecule has 0 spiro atoms. The van der Waals surface area contributed by atoms with Crippen LogP contribution in [0.3, 0.4) is 0 Å². The molecule has 1 aromatic rings. The summed E-state index contributed by atoms with van der Waals surface area (Å²) in [5.74, 6) is 0.760. The highest BCUT2D eigenvalue weighted by atomic mass is 31.2. The first-order chi connectivity index (χ1) is 11.8. The van der Waals surface area contributed by atoms with Crippen molar-refractivity contribution in [1.82, 2.24) is 0 Å². The predicted octanol–water partition coefficient (Wildman–Crippen LogP) is 2.45. The zero-order valence-corrected chi connectivity index (χ0v) is 14.9. The number of phosphoric acid groups is 1. The van der Waals surface area contributed by atoms with Gasteiger partial charge in [0.25, 0.3) is 0 Å². The van der Waals surface area contributed by atoms with Crippen LogP contribution in [0.25, 0.3) is 0 Å². The molecule has 0 aliphatic rings. The van der Waals surface area contributed by atoms with E-state index in [0.29, 0.717) is 36.5 Å². The van der Waals surface area contributed by atoms with Crippen LogP contribution in [0.15, 0.2) is 36.4 Å². The van der Waals surface area contributed by atoms with Crippen LogP contribution in [-0.2, 0) is 18.6 Å². The summed E-state index contributed by atoms with van der Waals surface area (Å²) in [4.78, 5) is 28.3. The SMILES string of the molecule is C=C(C)C(=O)OCCCOc1cccc(OCCCOP(=O)(O)O)c1. The van der Waals surface area contributed by atoms with Crippen LogP contribution >= 0.6 is 7.82 Å². The van der Waals surface area contributed by atoms with E-state index in [2.05, 4.69) is 11.1 Å². The lowest BCUT2D eigenvalue weighted by Gasteiger charge is -2.10. The Morgan fingerprint density at radius 2 is 1.64 bits per heavy atom. The van der Waals surface area contributed by atoms with E-state index in [-0.39, 0.29) is 19.8 Å². The monoisotopic (exact) mass is 374 g/mol. The summed E-state index contributed by atoms with van der Waals surface area (Å²) in [5, 5.41) is 0.